The predicted molar refractivity (Wildman–Crippen MR) is 93.8 cm³/mol. The van der Waals surface area contributed by atoms with Crippen LogP contribution in [-0.4, -0.2) is 19.1 Å². The van der Waals surface area contributed by atoms with E-state index in [0.29, 0.717) is 34.9 Å². The summed E-state index contributed by atoms with van der Waals surface area (Å²) in [6.45, 7) is 0.898. The van der Waals surface area contributed by atoms with Crippen molar-refractivity contribution in [2.75, 3.05) is 18.5 Å². The number of amides is 1. The molecule has 0 bridgehead atoms. The number of hydrogen-bond donors (Lipinski definition) is 1. The average molecular weight is 403 g/mol. The number of ether oxygens (including phenoxy) is 2. The minimum atomic E-state index is -0.638. The highest BCUT2D eigenvalue weighted by atomic mass is 79.9. The molecule has 0 atom stereocenters. The fourth-order valence-electron chi connectivity index (χ4n) is 2.24. The number of anilines is 1. The molecule has 0 unspecified atom stereocenters. The molecule has 126 valence electrons. The highest BCUT2D eigenvalue weighted by Gasteiger charge is 2.15. The van der Waals surface area contributed by atoms with Gasteiger partial charge in [0.2, 0.25) is 0 Å². The molecule has 3 rings (SSSR count). The number of rotatable bonds is 3. The Morgan fingerprint density at radius 3 is 2.68 bits per heavy atom. The number of carbonyl (C=O) groups excluding carboxylic acids is 1. The molecule has 1 amide bonds. The molecule has 7 heteroatoms. The van der Waals surface area contributed by atoms with E-state index in [0.717, 1.165) is 0 Å². The van der Waals surface area contributed by atoms with Gasteiger partial charge in [-0.3, -0.25) is 4.79 Å². The van der Waals surface area contributed by atoms with Gasteiger partial charge in [0.15, 0.2) is 11.5 Å². The van der Waals surface area contributed by atoms with E-state index in [9.17, 15) is 14.4 Å². The third-order valence-electron chi connectivity index (χ3n) is 3.43. The summed E-state index contributed by atoms with van der Waals surface area (Å²) in [5.74, 6) is -0.0570. The SMILES string of the molecule is N#C/C(=C\c1ccc(Br)cc1F)C(=O)Nc1ccc2c(c1)OCCO2. The quantitative estimate of drug-likeness (QED) is 0.623. The van der Waals surface area contributed by atoms with Crippen LogP contribution in [0.4, 0.5) is 10.1 Å². The van der Waals surface area contributed by atoms with E-state index in [1.165, 1.54) is 18.2 Å². The number of nitrogens with zero attached hydrogens (tertiary/aromatic N) is 1. The summed E-state index contributed by atoms with van der Waals surface area (Å²) in [7, 11) is 0. The molecule has 1 aliphatic rings. The van der Waals surface area contributed by atoms with Crippen LogP contribution in [0.25, 0.3) is 6.08 Å². The summed E-state index contributed by atoms with van der Waals surface area (Å²) in [6, 6.07) is 11.1. The van der Waals surface area contributed by atoms with Crippen molar-refractivity contribution in [3.8, 4) is 17.6 Å². The van der Waals surface area contributed by atoms with E-state index in [-0.39, 0.29) is 11.1 Å². The van der Waals surface area contributed by atoms with Gasteiger partial charge < -0.3 is 14.8 Å². The van der Waals surface area contributed by atoms with Gasteiger partial charge in [-0.05, 0) is 30.3 Å². The average Bonchev–Trinajstić information content (AvgIpc) is 2.61. The minimum Gasteiger partial charge on any atom is -0.486 e. The Bertz CT molecular complexity index is 906. The zero-order valence-electron chi connectivity index (χ0n) is 12.9. The number of benzene rings is 2. The summed E-state index contributed by atoms with van der Waals surface area (Å²) in [6.07, 6.45) is 1.20. The Labute approximate surface area is 151 Å². The molecule has 1 N–H and O–H groups in total. The molecule has 0 aliphatic carbocycles. The lowest BCUT2D eigenvalue weighted by Gasteiger charge is -2.18. The summed E-state index contributed by atoms with van der Waals surface area (Å²) >= 11 is 3.16. The second-order valence-electron chi connectivity index (χ2n) is 5.15. The standard InChI is InChI=1S/C18H12BrFN2O3/c19-13-2-1-11(15(20)8-13)7-12(10-21)18(23)22-14-3-4-16-17(9-14)25-6-5-24-16/h1-4,7-9H,5-6H2,(H,22,23)/b12-7+. The predicted octanol–water partition coefficient (Wildman–Crippen LogP) is 3.91. The second kappa shape index (κ2) is 7.36. The number of halogens is 2. The van der Waals surface area contributed by atoms with Crippen molar-refractivity contribution < 1.29 is 18.7 Å². The van der Waals surface area contributed by atoms with Crippen molar-refractivity contribution in [3.05, 3.63) is 57.8 Å². The van der Waals surface area contributed by atoms with E-state index in [1.807, 2.05) is 0 Å². The molecule has 2 aromatic rings. The maximum Gasteiger partial charge on any atom is 0.266 e. The van der Waals surface area contributed by atoms with Gasteiger partial charge in [0.1, 0.15) is 30.7 Å². The topological polar surface area (TPSA) is 71.4 Å². The summed E-state index contributed by atoms with van der Waals surface area (Å²) in [4.78, 5) is 12.3. The molecule has 0 aromatic heterocycles. The van der Waals surface area contributed by atoms with Crippen LogP contribution < -0.4 is 14.8 Å². The lowest BCUT2D eigenvalue weighted by molar-refractivity contribution is -0.112. The molecule has 0 spiro atoms. The Morgan fingerprint density at radius 2 is 1.96 bits per heavy atom. The van der Waals surface area contributed by atoms with Gasteiger partial charge in [-0.15, -0.1) is 0 Å². The van der Waals surface area contributed by atoms with E-state index in [2.05, 4.69) is 21.2 Å². The molecule has 1 heterocycles. The monoisotopic (exact) mass is 402 g/mol. The minimum absolute atomic E-state index is 0.150. The Hall–Kier alpha value is -2.85. The van der Waals surface area contributed by atoms with Crippen LogP contribution in [-0.2, 0) is 4.79 Å². The van der Waals surface area contributed by atoms with Crippen molar-refractivity contribution in [1.82, 2.24) is 0 Å². The van der Waals surface area contributed by atoms with Crippen molar-refractivity contribution in [1.29, 1.82) is 5.26 Å². The van der Waals surface area contributed by atoms with Crippen LogP contribution in [0.15, 0.2) is 46.4 Å². The molecule has 5 nitrogen and oxygen atoms in total. The molecule has 25 heavy (non-hydrogen) atoms. The van der Waals surface area contributed by atoms with Gasteiger partial charge in [-0.1, -0.05) is 22.0 Å². The van der Waals surface area contributed by atoms with Crippen molar-refractivity contribution in [2.24, 2.45) is 0 Å². The fourth-order valence-corrected chi connectivity index (χ4v) is 2.58. The molecule has 1 aliphatic heterocycles. The zero-order chi connectivity index (χ0) is 17.8. The van der Waals surface area contributed by atoms with Gasteiger partial charge in [0.05, 0.1) is 0 Å². The number of carbonyl (C=O) groups is 1. The zero-order valence-corrected chi connectivity index (χ0v) is 14.5. The Balaban J connectivity index is 1.81. The molecular weight excluding hydrogens is 391 g/mol. The smallest absolute Gasteiger partial charge is 0.266 e. The first-order valence-corrected chi connectivity index (χ1v) is 8.14. The molecule has 0 saturated heterocycles. The lowest BCUT2D eigenvalue weighted by atomic mass is 10.1. The maximum absolute atomic E-state index is 13.9. The first-order valence-electron chi connectivity index (χ1n) is 7.34. The van der Waals surface area contributed by atoms with Crippen LogP contribution in [0, 0.1) is 17.1 Å². The fraction of sp³-hybridized carbons (Fsp3) is 0.111. The third-order valence-corrected chi connectivity index (χ3v) is 3.92. The third kappa shape index (κ3) is 3.98. The molecule has 0 saturated carbocycles. The van der Waals surface area contributed by atoms with Crippen LogP contribution in [0.2, 0.25) is 0 Å². The van der Waals surface area contributed by atoms with Crippen LogP contribution in [0.3, 0.4) is 0 Å². The molecule has 0 fully saturated rings. The van der Waals surface area contributed by atoms with E-state index < -0.39 is 11.7 Å². The maximum atomic E-state index is 13.9. The molecular formula is C18H12BrFN2O3. The number of nitriles is 1. The van der Waals surface area contributed by atoms with Crippen LogP contribution in [0.5, 0.6) is 11.5 Å². The highest BCUT2D eigenvalue weighted by Crippen LogP contribution is 2.32. The molecule has 2 aromatic carbocycles. The van der Waals surface area contributed by atoms with Gasteiger partial charge in [-0.2, -0.15) is 5.26 Å². The van der Waals surface area contributed by atoms with Crippen molar-refractivity contribution in [2.45, 2.75) is 0 Å². The highest BCUT2D eigenvalue weighted by molar-refractivity contribution is 9.10. The first kappa shape index (κ1) is 17.0. The van der Waals surface area contributed by atoms with Gasteiger partial charge >= 0.3 is 0 Å². The van der Waals surface area contributed by atoms with Crippen molar-refractivity contribution >= 4 is 33.6 Å². The Kier molecular flexibility index (Phi) is 5.00. The summed E-state index contributed by atoms with van der Waals surface area (Å²) in [5.41, 5.74) is 0.389. The van der Waals surface area contributed by atoms with Gasteiger partial charge in [0, 0.05) is 21.8 Å². The van der Waals surface area contributed by atoms with Gasteiger partial charge in [-0.25, -0.2) is 4.39 Å². The lowest BCUT2D eigenvalue weighted by Crippen LogP contribution is -2.17. The summed E-state index contributed by atoms with van der Waals surface area (Å²) in [5, 5.41) is 11.8. The van der Waals surface area contributed by atoms with Crippen molar-refractivity contribution in [3.63, 3.8) is 0 Å². The molecule has 0 radical (unpaired) electrons. The largest absolute Gasteiger partial charge is 0.486 e. The van der Waals surface area contributed by atoms with Crippen LogP contribution in [0.1, 0.15) is 5.56 Å². The summed E-state index contributed by atoms with van der Waals surface area (Å²) < 4.78 is 25.3. The number of hydrogen-bond acceptors (Lipinski definition) is 4. The first-order chi connectivity index (χ1) is 12.1. The second-order valence-corrected chi connectivity index (χ2v) is 6.06. The van der Waals surface area contributed by atoms with E-state index >= 15 is 0 Å². The van der Waals surface area contributed by atoms with Gasteiger partial charge in [0.25, 0.3) is 5.91 Å². The Morgan fingerprint density at radius 1 is 1.20 bits per heavy atom. The normalized spacial score (nSPS) is 13.1. The number of fused-ring (bicyclic) bond motifs is 1. The van der Waals surface area contributed by atoms with E-state index in [1.54, 1.807) is 30.3 Å². The van der Waals surface area contributed by atoms with Crippen LogP contribution >= 0.6 is 15.9 Å². The number of nitrogens with one attached hydrogen (secondary N) is 1. The van der Waals surface area contributed by atoms with E-state index in [4.69, 9.17) is 9.47 Å².